The molecule has 0 saturated carbocycles. The number of nitrogens with zero attached hydrogens (tertiary/aromatic N) is 2. The minimum Gasteiger partial charge on any atom is -0.349 e. The van der Waals surface area contributed by atoms with Gasteiger partial charge in [0.05, 0.1) is 0 Å². The molecule has 7 heteroatoms. The van der Waals surface area contributed by atoms with Gasteiger partial charge in [-0.3, -0.25) is 9.59 Å². The molecular weight excluding hydrogens is 356 g/mol. The van der Waals surface area contributed by atoms with Gasteiger partial charge in [-0.15, -0.1) is 0 Å². The molecule has 1 heterocycles. The lowest BCUT2D eigenvalue weighted by atomic mass is 10.1. The number of carbonyl (C=O) groups is 3. The zero-order valence-electron chi connectivity index (χ0n) is 16.1. The maximum Gasteiger partial charge on any atom is 0.319 e. The molecule has 0 saturated heterocycles. The Balaban J connectivity index is 1.60. The largest absolute Gasteiger partial charge is 0.349 e. The number of carbonyl (C=O) groups excluding carboxylic acids is 3. The minimum absolute atomic E-state index is 0.0567. The normalized spacial score (nSPS) is 12.3. The molecule has 0 spiro atoms. The van der Waals surface area contributed by atoms with Crippen molar-refractivity contribution in [2.75, 3.05) is 37.4 Å². The number of hydrogen-bond acceptors (Lipinski definition) is 3. The third kappa shape index (κ3) is 4.49. The van der Waals surface area contributed by atoms with E-state index in [1.807, 2.05) is 24.3 Å². The summed E-state index contributed by atoms with van der Waals surface area (Å²) < 4.78 is 0. The summed E-state index contributed by atoms with van der Waals surface area (Å²) >= 11 is 0. The van der Waals surface area contributed by atoms with Gasteiger partial charge in [0, 0.05) is 50.5 Å². The van der Waals surface area contributed by atoms with Crippen LogP contribution in [0.4, 0.5) is 16.2 Å². The Labute approximate surface area is 164 Å². The van der Waals surface area contributed by atoms with Crippen molar-refractivity contribution in [1.82, 2.24) is 10.2 Å². The smallest absolute Gasteiger partial charge is 0.319 e. The first-order valence-electron chi connectivity index (χ1n) is 9.20. The van der Waals surface area contributed by atoms with Crippen LogP contribution in [0.3, 0.4) is 0 Å². The number of hydrogen-bond donors (Lipinski definition) is 2. The highest BCUT2D eigenvalue weighted by atomic mass is 16.2. The maximum atomic E-state index is 12.9. The average Bonchev–Trinajstić information content (AvgIpc) is 3.11. The molecule has 0 unspecified atom stereocenters. The third-order valence-electron chi connectivity index (χ3n) is 4.62. The Morgan fingerprint density at radius 2 is 1.86 bits per heavy atom. The van der Waals surface area contributed by atoms with E-state index in [9.17, 15) is 14.4 Å². The zero-order chi connectivity index (χ0) is 20.1. The Morgan fingerprint density at radius 1 is 1.07 bits per heavy atom. The van der Waals surface area contributed by atoms with E-state index in [2.05, 4.69) is 10.6 Å². The quantitative estimate of drug-likeness (QED) is 0.836. The van der Waals surface area contributed by atoms with Crippen molar-refractivity contribution < 1.29 is 14.4 Å². The number of fused-ring (bicyclic) bond motifs is 1. The van der Waals surface area contributed by atoms with Gasteiger partial charge in [0.2, 0.25) is 5.91 Å². The number of nitrogens with one attached hydrogen (secondary N) is 2. The molecule has 0 atom stereocenters. The summed E-state index contributed by atoms with van der Waals surface area (Å²) in [5.74, 6) is -0.149. The van der Waals surface area contributed by atoms with Crippen LogP contribution >= 0.6 is 0 Å². The summed E-state index contributed by atoms with van der Waals surface area (Å²) in [5, 5.41) is 5.35. The molecule has 28 heavy (non-hydrogen) atoms. The van der Waals surface area contributed by atoms with Gasteiger partial charge in [0.15, 0.2) is 0 Å². The van der Waals surface area contributed by atoms with Crippen LogP contribution in [0.2, 0.25) is 0 Å². The molecule has 0 aliphatic carbocycles. The number of urea groups is 1. The summed E-state index contributed by atoms with van der Waals surface area (Å²) in [6.07, 6.45) is 1.07. The van der Waals surface area contributed by atoms with Crippen molar-refractivity contribution in [3.05, 3.63) is 59.7 Å². The monoisotopic (exact) mass is 380 g/mol. The lowest BCUT2D eigenvalue weighted by Crippen LogP contribution is -2.33. The maximum absolute atomic E-state index is 12.9. The summed E-state index contributed by atoms with van der Waals surface area (Å²) in [7, 11) is 3.34. The fourth-order valence-corrected chi connectivity index (χ4v) is 3.12. The van der Waals surface area contributed by atoms with Crippen molar-refractivity contribution >= 4 is 29.2 Å². The standard InChI is InChI=1S/C21H24N4O3/c1-24(2)19(26)10-12-22-21(28)23-17-8-5-7-16(14-17)20(27)25-13-11-15-6-3-4-9-18(15)25/h3-9,14H,10-13H2,1-2H3,(H2,22,23,28). The molecule has 4 amide bonds. The fraction of sp³-hybridized carbons (Fsp3) is 0.286. The van der Waals surface area contributed by atoms with Crippen LogP contribution in [0.5, 0.6) is 0 Å². The molecule has 3 rings (SSSR count). The number of para-hydroxylation sites is 1. The van der Waals surface area contributed by atoms with Gasteiger partial charge >= 0.3 is 6.03 Å². The van der Waals surface area contributed by atoms with Gasteiger partial charge < -0.3 is 20.4 Å². The molecule has 0 aromatic heterocycles. The Kier molecular flexibility index (Phi) is 5.93. The lowest BCUT2D eigenvalue weighted by molar-refractivity contribution is -0.128. The number of amides is 4. The SMILES string of the molecule is CN(C)C(=O)CCNC(=O)Nc1cccc(C(=O)N2CCc3ccccc32)c1. The first-order valence-corrected chi connectivity index (χ1v) is 9.20. The van der Waals surface area contributed by atoms with Crippen LogP contribution in [0.15, 0.2) is 48.5 Å². The van der Waals surface area contributed by atoms with E-state index in [1.165, 1.54) is 4.90 Å². The van der Waals surface area contributed by atoms with Crippen LogP contribution in [-0.2, 0) is 11.2 Å². The van der Waals surface area contributed by atoms with Crippen molar-refractivity contribution in [2.45, 2.75) is 12.8 Å². The van der Waals surface area contributed by atoms with Crippen LogP contribution < -0.4 is 15.5 Å². The lowest BCUT2D eigenvalue weighted by Gasteiger charge is -2.18. The molecular formula is C21H24N4O3. The topological polar surface area (TPSA) is 81.8 Å². The minimum atomic E-state index is -0.414. The molecule has 146 valence electrons. The molecule has 7 nitrogen and oxygen atoms in total. The first-order chi connectivity index (χ1) is 13.5. The van der Waals surface area contributed by atoms with Gasteiger partial charge in [-0.2, -0.15) is 0 Å². The van der Waals surface area contributed by atoms with Gasteiger partial charge in [-0.25, -0.2) is 4.79 Å². The van der Waals surface area contributed by atoms with E-state index in [4.69, 9.17) is 0 Å². The van der Waals surface area contributed by atoms with Gasteiger partial charge in [-0.05, 0) is 36.2 Å². The molecule has 1 aliphatic heterocycles. The van der Waals surface area contributed by atoms with Gasteiger partial charge in [0.1, 0.15) is 0 Å². The summed E-state index contributed by atoms with van der Waals surface area (Å²) in [6, 6.07) is 14.3. The highest BCUT2D eigenvalue weighted by molar-refractivity contribution is 6.08. The Bertz CT molecular complexity index is 895. The second-order valence-electron chi connectivity index (χ2n) is 6.84. The van der Waals surface area contributed by atoms with Crippen LogP contribution in [0.25, 0.3) is 0 Å². The van der Waals surface area contributed by atoms with Crippen molar-refractivity contribution in [3.63, 3.8) is 0 Å². The van der Waals surface area contributed by atoms with E-state index < -0.39 is 6.03 Å². The average molecular weight is 380 g/mol. The van der Waals surface area contributed by atoms with Crippen molar-refractivity contribution in [3.8, 4) is 0 Å². The molecule has 2 aromatic carbocycles. The van der Waals surface area contributed by atoms with E-state index in [0.29, 0.717) is 17.8 Å². The highest BCUT2D eigenvalue weighted by Gasteiger charge is 2.25. The van der Waals surface area contributed by atoms with Gasteiger partial charge in [-0.1, -0.05) is 24.3 Å². The van der Waals surface area contributed by atoms with Gasteiger partial charge in [0.25, 0.3) is 5.91 Å². The number of anilines is 2. The van der Waals surface area contributed by atoms with Crippen LogP contribution in [0.1, 0.15) is 22.3 Å². The zero-order valence-corrected chi connectivity index (χ0v) is 16.1. The molecule has 0 radical (unpaired) electrons. The van der Waals surface area contributed by atoms with Crippen LogP contribution in [-0.4, -0.2) is 49.9 Å². The molecule has 0 fully saturated rings. The first kappa shape index (κ1) is 19.4. The summed E-state index contributed by atoms with van der Waals surface area (Å²) in [5.41, 5.74) is 3.14. The highest BCUT2D eigenvalue weighted by Crippen LogP contribution is 2.29. The molecule has 0 bridgehead atoms. The summed E-state index contributed by atoms with van der Waals surface area (Å²) in [6.45, 7) is 0.891. The fourth-order valence-electron chi connectivity index (χ4n) is 3.12. The predicted octanol–water partition coefficient (Wildman–Crippen LogP) is 2.49. The molecule has 1 aliphatic rings. The second kappa shape index (κ2) is 8.56. The summed E-state index contributed by atoms with van der Waals surface area (Å²) in [4.78, 5) is 39.7. The third-order valence-corrected chi connectivity index (χ3v) is 4.62. The second-order valence-corrected chi connectivity index (χ2v) is 6.84. The van der Waals surface area contributed by atoms with E-state index in [1.54, 1.807) is 43.3 Å². The van der Waals surface area contributed by atoms with E-state index >= 15 is 0 Å². The Morgan fingerprint density at radius 3 is 2.64 bits per heavy atom. The van der Waals surface area contributed by atoms with E-state index in [0.717, 1.165) is 17.7 Å². The molecule has 2 aromatic rings. The van der Waals surface area contributed by atoms with Crippen molar-refractivity contribution in [2.24, 2.45) is 0 Å². The Hall–Kier alpha value is -3.35. The number of rotatable bonds is 5. The van der Waals surface area contributed by atoms with Crippen LogP contribution in [0, 0.1) is 0 Å². The number of benzene rings is 2. The van der Waals surface area contributed by atoms with Crippen molar-refractivity contribution in [1.29, 1.82) is 0 Å². The predicted molar refractivity (Wildman–Crippen MR) is 109 cm³/mol. The van der Waals surface area contributed by atoms with E-state index in [-0.39, 0.29) is 24.8 Å². The molecule has 2 N–H and O–H groups in total.